The van der Waals surface area contributed by atoms with Crippen LogP contribution >= 0.6 is 23.6 Å². The number of nitrogens with zero attached hydrogens (tertiary/aromatic N) is 1. The molecule has 1 aromatic heterocycles. The van der Waals surface area contributed by atoms with Gasteiger partial charge in [0.2, 0.25) is 10.0 Å². The highest BCUT2D eigenvalue weighted by atomic mass is 32.2. The van der Waals surface area contributed by atoms with Crippen molar-refractivity contribution in [1.82, 2.24) is 4.98 Å². The molecule has 16 heavy (non-hydrogen) atoms. The lowest BCUT2D eigenvalue weighted by Crippen LogP contribution is -2.35. The molecule has 0 radical (unpaired) electrons. The standard InChI is InChI=1S/C8H13N3O2S3/c1-4-5(2)15-8(10-4)11-16(12,13)6(3)7(9)14/h6H,1-3H3,(H2,9,14)(H,10,11). The van der Waals surface area contributed by atoms with Crippen molar-refractivity contribution in [2.45, 2.75) is 26.0 Å². The van der Waals surface area contributed by atoms with Crippen molar-refractivity contribution in [3.63, 3.8) is 0 Å². The van der Waals surface area contributed by atoms with Gasteiger partial charge in [-0.2, -0.15) is 0 Å². The molecule has 0 bridgehead atoms. The number of hydrogen-bond donors (Lipinski definition) is 2. The number of hydrogen-bond acceptors (Lipinski definition) is 5. The molecule has 1 atom stereocenters. The Labute approximate surface area is 104 Å². The van der Waals surface area contributed by atoms with Gasteiger partial charge in [-0.1, -0.05) is 12.2 Å². The van der Waals surface area contributed by atoms with Gasteiger partial charge in [0.1, 0.15) is 5.25 Å². The summed E-state index contributed by atoms with van der Waals surface area (Å²) in [6.45, 7) is 5.14. The van der Waals surface area contributed by atoms with Crippen molar-refractivity contribution < 1.29 is 8.42 Å². The Bertz CT molecular complexity index is 487. The fourth-order valence-corrected chi connectivity index (χ4v) is 3.21. The minimum absolute atomic E-state index is 0.0579. The lowest BCUT2D eigenvalue weighted by molar-refractivity contribution is 0.598. The van der Waals surface area contributed by atoms with Crippen LogP contribution in [0.15, 0.2) is 0 Å². The van der Waals surface area contributed by atoms with Crippen LogP contribution < -0.4 is 10.5 Å². The van der Waals surface area contributed by atoms with Crippen LogP contribution in [0.4, 0.5) is 5.13 Å². The van der Waals surface area contributed by atoms with Crippen molar-refractivity contribution in [2.24, 2.45) is 5.73 Å². The van der Waals surface area contributed by atoms with E-state index >= 15 is 0 Å². The van der Waals surface area contributed by atoms with E-state index in [4.69, 9.17) is 5.73 Å². The molecule has 5 nitrogen and oxygen atoms in total. The van der Waals surface area contributed by atoms with Crippen LogP contribution in [-0.2, 0) is 10.0 Å². The summed E-state index contributed by atoms with van der Waals surface area (Å²) in [5.74, 6) is 0. The number of sulfonamides is 1. The van der Waals surface area contributed by atoms with Crippen LogP contribution in [-0.4, -0.2) is 23.6 Å². The molecule has 0 aliphatic carbocycles. The van der Waals surface area contributed by atoms with Gasteiger partial charge in [0, 0.05) is 4.88 Å². The van der Waals surface area contributed by atoms with Gasteiger partial charge in [0.25, 0.3) is 0 Å². The molecule has 8 heteroatoms. The maximum atomic E-state index is 11.8. The Morgan fingerprint density at radius 1 is 1.56 bits per heavy atom. The van der Waals surface area contributed by atoms with Gasteiger partial charge in [-0.25, -0.2) is 13.4 Å². The molecule has 1 heterocycles. The number of thiazole rings is 1. The number of aromatic nitrogens is 1. The predicted molar refractivity (Wildman–Crippen MR) is 70.4 cm³/mol. The molecule has 0 fully saturated rings. The molecule has 0 aromatic carbocycles. The summed E-state index contributed by atoms with van der Waals surface area (Å²) in [5, 5.41) is -0.565. The van der Waals surface area contributed by atoms with Crippen LogP contribution in [0, 0.1) is 13.8 Å². The zero-order valence-electron chi connectivity index (χ0n) is 9.14. The zero-order chi connectivity index (χ0) is 12.5. The minimum Gasteiger partial charge on any atom is -0.392 e. The smallest absolute Gasteiger partial charge is 0.243 e. The van der Waals surface area contributed by atoms with Crippen molar-refractivity contribution >= 4 is 43.7 Å². The van der Waals surface area contributed by atoms with E-state index in [1.165, 1.54) is 18.3 Å². The van der Waals surface area contributed by atoms with E-state index in [0.29, 0.717) is 5.13 Å². The number of aryl methyl sites for hydroxylation is 2. The molecule has 0 aliphatic heterocycles. The quantitative estimate of drug-likeness (QED) is 0.808. The van der Waals surface area contributed by atoms with Crippen LogP contribution in [0.5, 0.6) is 0 Å². The Hall–Kier alpha value is -0.730. The lowest BCUT2D eigenvalue weighted by atomic mass is 10.4. The van der Waals surface area contributed by atoms with Crippen molar-refractivity contribution in [2.75, 3.05) is 4.72 Å². The summed E-state index contributed by atoms with van der Waals surface area (Å²) < 4.78 is 25.9. The Kier molecular flexibility index (Phi) is 3.87. The number of thiocarbonyl (C=S) groups is 1. The third-order valence-electron chi connectivity index (χ3n) is 2.12. The second-order valence-corrected chi connectivity index (χ2v) is 7.03. The summed E-state index contributed by atoms with van der Waals surface area (Å²) in [7, 11) is -3.58. The largest absolute Gasteiger partial charge is 0.392 e. The summed E-state index contributed by atoms with van der Waals surface area (Å²) in [5.41, 5.74) is 6.12. The molecule has 90 valence electrons. The highest BCUT2D eigenvalue weighted by Crippen LogP contribution is 2.22. The van der Waals surface area contributed by atoms with Crippen LogP contribution in [0.2, 0.25) is 0 Å². The first-order chi connectivity index (χ1) is 7.24. The van der Waals surface area contributed by atoms with Gasteiger partial charge < -0.3 is 5.73 Å². The van der Waals surface area contributed by atoms with Crippen LogP contribution in [0.1, 0.15) is 17.5 Å². The highest BCUT2D eigenvalue weighted by Gasteiger charge is 2.24. The van der Waals surface area contributed by atoms with E-state index in [-0.39, 0.29) is 4.99 Å². The predicted octanol–water partition coefficient (Wildman–Crippen LogP) is 1.18. The van der Waals surface area contributed by atoms with Crippen LogP contribution in [0.25, 0.3) is 0 Å². The Balaban J connectivity index is 2.93. The highest BCUT2D eigenvalue weighted by molar-refractivity contribution is 7.95. The van der Waals surface area contributed by atoms with Gasteiger partial charge in [-0.05, 0) is 20.8 Å². The lowest BCUT2D eigenvalue weighted by Gasteiger charge is -2.11. The van der Waals surface area contributed by atoms with Crippen molar-refractivity contribution in [3.8, 4) is 0 Å². The summed E-state index contributed by atoms with van der Waals surface area (Å²) in [4.78, 5) is 5.00. The molecule has 0 amide bonds. The fraction of sp³-hybridized carbons (Fsp3) is 0.500. The Morgan fingerprint density at radius 3 is 2.50 bits per heavy atom. The average molecular weight is 279 g/mol. The second kappa shape index (κ2) is 4.64. The number of anilines is 1. The summed E-state index contributed by atoms with van der Waals surface area (Å²) in [6, 6.07) is 0. The molecular weight excluding hydrogens is 266 g/mol. The SMILES string of the molecule is Cc1nc(NS(=O)(=O)C(C)C(N)=S)sc1C. The first-order valence-corrected chi connectivity index (χ1v) is 7.26. The molecule has 0 saturated carbocycles. The van der Waals surface area contributed by atoms with E-state index in [1.54, 1.807) is 0 Å². The Morgan fingerprint density at radius 2 is 2.12 bits per heavy atom. The maximum absolute atomic E-state index is 11.8. The molecule has 1 rings (SSSR count). The first kappa shape index (κ1) is 13.3. The molecule has 1 aromatic rings. The van der Waals surface area contributed by atoms with Gasteiger partial charge in [-0.15, -0.1) is 11.3 Å². The third kappa shape index (κ3) is 2.89. The van der Waals surface area contributed by atoms with Gasteiger partial charge in [-0.3, -0.25) is 4.72 Å². The zero-order valence-corrected chi connectivity index (χ0v) is 11.6. The maximum Gasteiger partial charge on any atom is 0.243 e. The van der Waals surface area contributed by atoms with E-state index in [0.717, 1.165) is 10.6 Å². The molecule has 0 spiro atoms. The van der Waals surface area contributed by atoms with Gasteiger partial charge >= 0.3 is 0 Å². The minimum atomic E-state index is -3.58. The molecule has 3 N–H and O–H groups in total. The van der Waals surface area contributed by atoms with E-state index in [1.807, 2.05) is 13.8 Å². The van der Waals surface area contributed by atoms with Gasteiger partial charge in [0.15, 0.2) is 5.13 Å². The number of nitrogens with one attached hydrogen (secondary N) is 1. The molecular formula is C8H13N3O2S3. The molecule has 0 aliphatic rings. The van der Waals surface area contributed by atoms with E-state index in [2.05, 4.69) is 21.9 Å². The second-order valence-electron chi connectivity index (χ2n) is 3.35. The first-order valence-electron chi connectivity index (χ1n) is 4.49. The van der Waals surface area contributed by atoms with Crippen LogP contribution in [0.3, 0.4) is 0 Å². The normalized spacial score (nSPS) is 13.4. The van der Waals surface area contributed by atoms with Crippen molar-refractivity contribution in [3.05, 3.63) is 10.6 Å². The average Bonchev–Trinajstić information content (AvgIpc) is 2.43. The summed E-state index contributed by atoms with van der Waals surface area (Å²) >= 11 is 5.94. The van der Waals surface area contributed by atoms with Crippen molar-refractivity contribution in [1.29, 1.82) is 0 Å². The molecule has 0 saturated heterocycles. The fourth-order valence-electron chi connectivity index (χ4n) is 0.879. The summed E-state index contributed by atoms with van der Waals surface area (Å²) in [6.07, 6.45) is 0. The van der Waals surface area contributed by atoms with E-state index < -0.39 is 15.3 Å². The number of nitrogens with two attached hydrogens (primary N) is 1. The topological polar surface area (TPSA) is 85.1 Å². The third-order valence-corrected chi connectivity index (χ3v) is 5.41. The molecule has 1 unspecified atom stereocenters. The van der Waals surface area contributed by atoms with E-state index in [9.17, 15) is 8.42 Å². The van der Waals surface area contributed by atoms with Gasteiger partial charge in [0.05, 0.1) is 10.7 Å². The number of rotatable bonds is 4. The monoisotopic (exact) mass is 279 g/mol.